The molecular formula is C25H18N2O. The smallest absolute Gasteiger partial charge is 0.145 e. The number of rotatable bonds is 3. The van der Waals surface area contributed by atoms with Gasteiger partial charge in [-0.2, -0.15) is 0 Å². The van der Waals surface area contributed by atoms with Crippen molar-refractivity contribution >= 4 is 5.65 Å². The maximum absolute atomic E-state index is 10.5. The van der Waals surface area contributed by atoms with Crippen LogP contribution in [0.4, 0.5) is 0 Å². The highest BCUT2D eigenvalue weighted by atomic mass is 16.3. The molecule has 0 radical (unpaired) electrons. The van der Waals surface area contributed by atoms with E-state index in [2.05, 4.69) is 36.5 Å². The van der Waals surface area contributed by atoms with Crippen LogP contribution in [0, 0.1) is 0 Å². The number of nitrogens with zero attached hydrogens (tertiary/aromatic N) is 2. The molecule has 0 aliphatic carbocycles. The van der Waals surface area contributed by atoms with Gasteiger partial charge in [0.1, 0.15) is 11.4 Å². The highest BCUT2D eigenvalue weighted by molar-refractivity contribution is 5.86. The standard InChI is InChI=1S/C25H18N2O/c28-24-14-8-7-13-21(24)22-15-20(18-9-3-1-4-10-18)16-27-17-23(26-25(22)27)19-11-5-2-6-12-19/h1-17,28H. The maximum atomic E-state index is 10.5. The lowest BCUT2D eigenvalue weighted by Gasteiger charge is -2.10. The van der Waals surface area contributed by atoms with Gasteiger partial charge in [-0.1, -0.05) is 78.9 Å². The molecule has 0 saturated heterocycles. The lowest BCUT2D eigenvalue weighted by atomic mass is 10.0. The van der Waals surface area contributed by atoms with E-state index in [1.165, 1.54) is 0 Å². The van der Waals surface area contributed by atoms with E-state index in [4.69, 9.17) is 4.98 Å². The van der Waals surface area contributed by atoms with Crippen LogP contribution in [0.3, 0.4) is 0 Å². The van der Waals surface area contributed by atoms with Gasteiger partial charge in [-0.05, 0) is 23.3 Å². The summed E-state index contributed by atoms with van der Waals surface area (Å²) in [6, 6.07) is 29.9. The third-order valence-electron chi connectivity index (χ3n) is 4.92. The molecule has 3 nitrogen and oxygen atoms in total. The van der Waals surface area contributed by atoms with Crippen molar-refractivity contribution in [3.8, 4) is 39.3 Å². The second-order valence-corrected chi connectivity index (χ2v) is 6.75. The van der Waals surface area contributed by atoms with Crippen LogP contribution in [0.2, 0.25) is 0 Å². The fourth-order valence-corrected chi connectivity index (χ4v) is 3.53. The largest absolute Gasteiger partial charge is 0.507 e. The summed E-state index contributed by atoms with van der Waals surface area (Å²) in [5.74, 6) is 0.249. The van der Waals surface area contributed by atoms with E-state index in [0.29, 0.717) is 0 Å². The van der Waals surface area contributed by atoms with Gasteiger partial charge in [-0.25, -0.2) is 4.98 Å². The molecule has 134 valence electrons. The van der Waals surface area contributed by atoms with Crippen LogP contribution in [-0.2, 0) is 0 Å². The Hall–Kier alpha value is -3.85. The van der Waals surface area contributed by atoms with Gasteiger partial charge in [0.2, 0.25) is 0 Å². The number of imidazole rings is 1. The summed E-state index contributed by atoms with van der Waals surface area (Å²) in [5.41, 5.74) is 6.66. The number of aromatic nitrogens is 2. The van der Waals surface area contributed by atoms with Gasteiger partial charge in [0, 0.05) is 29.1 Å². The van der Waals surface area contributed by atoms with Gasteiger partial charge in [0.15, 0.2) is 0 Å². The Bertz CT molecular complexity index is 1260. The van der Waals surface area contributed by atoms with Crippen LogP contribution in [-0.4, -0.2) is 14.5 Å². The van der Waals surface area contributed by atoms with Gasteiger partial charge in [0.05, 0.1) is 5.69 Å². The van der Waals surface area contributed by atoms with Crippen LogP contribution < -0.4 is 0 Å². The SMILES string of the molecule is Oc1ccccc1-c1cc(-c2ccccc2)cn2cc(-c3ccccc3)nc12. The molecule has 0 unspecified atom stereocenters. The molecule has 5 rings (SSSR count). The lowest BCUT2D eigenvalue weighted by molar-refractivity contribution is 0.477. The zero-order chi connectivity index (χ0) is 18.9. The minimum Gasteiger partial charge on any atom is -0.507 e. The summed E-state index contributed by atoms with van der Waals surface area (Å²) in [6.07, 6.45) is 4.13. The molecular weight excluding hydrogens is 344 g/mol. The zero-order valence-corrected chi connectivity index (χ0v) is 15.2. The molecule has 2 heterocycles. The summed E-state index contributed by atoms with van der Waals surface area (Å²) in [7, 11) is 0. The van der Waals surface area contributed by atoms with Crippen LogP contribution in [0.5, 0.6) is 5.75 Å². The molecule has 0 aliphatic rings. The second kappa shape index (κ2) is 6.71. The molecule has 1 N–H and O–H groups in total. The molecule has 5 aromatic rings. The average Bonchev–Trinajstić information content (AvgIpc) is 3.19. The number of hydrogen-bond acceptors (Lipinski definition) is 2. The van der Waals surface area contributed by atoms with Crippen molar-refractivity contribution in [1.82, 2.24) is 9.38 Å². The van der Waals surface area contributed by atoms with E-state index in [1.807, 2.05) is 65.2 Å². The number of aromatic hydroxyl groups is 1. The number of phenolic OH excluding ortho intramolecular Hbond substituents is 1. The van der Waals surface area contributed by atoms with Crippen LogP contribution in [0.1, 0.15) is 0 Å². The van der Waals surface area contributed by atoms with Gasteiger partial charge in [-0.15, -0.1) is 0 Å². The first-order chi connectivity index (χ1) is 13.8. The van der Waals surface area contributed by atoms with E-state index in [0.717, 1.165) is 39.2 Å². The number of benzene rings is 3. The predicted octanol–water partition coefficient (Wildman–Crippen LogP) is 6.04. The Labute approximate surface area is 163 Å². The minimum atomic E-state index is 0.249. The fourth-order valence-electron chi connectivity index (χ4n) is 3.53. The third-order valence-corrected chi connectivity index (χ3v) is 4.92. The van der Waals surface area contributed by atoms with E-state index < -0.39 is 0 Å². The van der Waals surface area contributed by atoms with Crippen LogP contribution in [0.25, 0.3) is 39.2 Å². The van der Waals surface area contributed by atoms with E-state index in [-0.39, 0.29) is 5.75 Å². The fraction of sp³-hybridized carbons (Fsp3) is 0. The monoisotopic (exact) mass is 362 g/mol. The number of pyridine rings is 1. The van der Waals surface area contributed by atoms with Gasteiger partial charge < -0.3 is 9.51 Å². The summed E-state index contributed by atoms with van der Waals surface area (Å²) in [6.45, 7) is 0. The summed E-state index contributed by atoms with van der Waals surface area (Å²) in [5, 5.41) is 10.5. The quantitative estimate of drug-likeness (QED) is 0.425. The highest BCUT2D eigenvalue weighted by Gasteiger charge is 2.14. The molecule has 0 atom stereocenters. The van der Waals surface area contributed by atoms with Gasteiger partial charge >= 0.3 is 0 Å². The normalized spacial score (nSPS) is 11.0. The number of phenols is 1. The second-order valence-electron chi connectivity index (χ2n) is 6.75. The molecule has 28 heavy (non-hydrogen) atoms. The Morgan fingerprint density at radius 2 is 1.25 bits per heavy atom. The first-order valence-electron chi connectivity index (χ1n) is 9.21. The Kier molecular flexibility index (Phi) is 3.91. The minimum absolute atomic E-state index is 0.249. The highest BCUT2D eigenvalue weighted by Crippen LogP contribution is 2.35. The topological polar surface area (TPSA) is 37.5 Å². The van der Waals surface area contributed by atoms with Crippen molar-refractivity contribution in [1.29, 1.82) is 0 Å². The predicted molar refractivity (Wildman–Crippen MR) is 113 cm³/mol. The number of para-hydroxylation sites is 1. The van der Waals surface area contributed by atoms with Crippen molar-refractivity contribution < 1.29 is 5.11 Å². The van der Waals surface area contributed by atoms with Gasteiger partial charge in [0.25, 0.3) is 0 Å². The Balaban J connectivity index is 1.80. The van der Waals surface area contributed by atoms with Crippen molar-refractivity contribution in [3.05, 3.63) is 103 Å². The molecule has 0 bridgehead atoms. The third kappa shape index (κ3) is 2.83. The molecule has 0 spiro atoms. The molecule has 3 aromatic carbocycles. The van der Waals surface area contributed by atoms with Crippen molar-refractivity contribution in [2.45, 2.75) is 0 Å². The molecule has 3 heteroatoms. The number of hydrogen-bond donors (Lipinski definition) is 1. The van der Waals surface area contributed by atoms with Crippen molar-refractivity contribution in [2.24, 2.45) is 0 Å². The number of fused-ring (bicyclic) bond motifs is 1. The molecule has 0 aliphatic heterocycles. The van der Waals surface area contributed by atoms with Crippen molar-refractivity contribution in [3.63, 3.8) is 0 Å². The first kappa shape index (κ1) is 16.3. The van der Waals surface area contributed by atoms with Crippen molar-refractivity contribution in [2.75, 3.05) is 0 Å². The average molecular weight is 362 g/mol. The Morgan fingerprint density at radius 1 is 0.607 bits per heavy atom. The molecule has 0 amide bonds. The molecule has 0 fully saturated rings. The molecule has 2 aromatic heterocycles. The molecule has 0 saturated carbocycles. The van der Waals surface area contributed by atoms with E-state index in [9.17, 15) is 5.11 Å². The summed E-state index contributed by atoms with van der Waals surface area (Å²) >= 11 is 0. The first-order valence-corrected chi connectivity index (χ1v) is 9.21. The van der Waals surface area contributed by atoms with Gasteiger partial charge in [-0.3, -0.25) is 0 Å². The summed E-state index contributed by atoms with van der Waals surface area (Å²) in [4.78, 5) is 4.89. The van der Waals surface area contributed by atoms with E-state index in [1.54, 1.807) is 6.07 Å². The summed E-state index contributed by atoms with van der Waals surface area (Å²) < 4.78 is 2.05. The maximum Gasteiger partial charge on any atom is 0.145 e. The van der Waals surface area contributed by atoms with Crippen LogP contribution >= 0.6 is 0 Å². The lowest BCUT2D eigenvalue weighted by Crippen LogP contribution is -1.91. The van der Waals surface area contributed by atoms with Crippen LogP contribution in [0.15, 0.2) is 103 Å². The zero-order valence-electron chi connectivity index (χ0n) is 15.2. The Morgan fingerprint density at radius 3 is 1.96 bits per heavy atom. The van der Waals surface area contributed by atoms with E-state index >= 15 is 0 Å².